The highest BCUT2D eigenvalue weighted by Crippen LogP contribution is 2.36. The predicted molar refractivity (Wildman–Crippen MR) is 84.7 cm³/mol. The molecule has 1 aliphatic carbocycles. The number of nitrogens with two attached hydrogens (primary N) is 1. The summed E-state index contributed by atoms with van der Waals surface area (Å²) >= 11 is 0. The third kappa shape index (κ3) is 3.29. The fraction of sp³-hybridized carbons (Fsp3) is 0.611. The number of amides is 1. The third-order valence-corrected chi connectivity index (χ3v) is 5.23. The standard InChI is InChI=1S/C18H26N2O/c19-16(14-6-2-1-3-7-14)10-11-18(21)20-13-12-15-8-4-5-9-17(15)20/h1-3,6-7,15-17H,4-5,8-13,19H2. The molecule has 3 unspecified atom stereocenters. The number of carbonyl (C=O) groups is 1. The average molecular weight is 286 g/mol. The van der Waals surface area contributed by atoms with Crippen LogP contribution in [0.15, 0.2) is 30.3 Å². The van der Waals surface area contributed by atoms with Gasteiger partial charge < -0.3 is 10.6 Å². The smallest absolute Gasteiger partial charge is 0.222 e. The first kappa shape index (κ1) is 14.6. The summed E-state index contributed by atoms with van der Waals surface area (Å²) in [4.78, 5) is 14.7. The molecule has 2 fully saturated rings. The molecule has 3 heteroatoms. The van der Waals surface area contributed by atoms with Crippen molar-refractivity contribution in [2.75, 3.05) is 6.54 Å². The van der Waals surface area contributed by atoms with E-state index in [0.29, 0.717) is 18.4 Å². The van der Waals surface area contributed by atoms with Crippen molar-refractivity contribution in [1.29, 1.82) is 0 Å². The van der Waals surface area contributed by atoms with Gasteiger partial charge in [0, 0.05) is 25.0 Å². The molecule has 1 saturated carbocycles. The van der Waals surface area contributed by atoms with Gasteiger partial charge in [-0.1, -0.05) is 43.2 Å². The highest BCUT2D eigenvalue weighted by atomic mass is 16.2. The molecule has 0 bridgehead atoms. The second kappa shape index (κ2) is 6.61. The Bertz CT molecular complexity index is 473. The SMILES string of the molecule is NC(CCC(=O)N1CCC2CCCCC21)c1ccccc1. The van der Waals surface area contributed by atoms with Crippen LogP contribution in [0.3, 0.4) is 0 Å². The number of carbonyl (C=O) groups excluding carboxylic acids is 1. The molecule has 3 rings (SSSR count). The molecule has 21 heavy (non-hydrogen) atoms. The molecule has 3 nitrogen and oxygen atoms in total. The molecule has 2 N–H and O–H groups in total. The van der Waals surface area contributed by atoms with Crippen molar-refractivity contribution in [3.63, 3.8) is 0 Å². The quantitative estimate of drug-likeness (QED) is 0.923. The molecule has 0 aromatic heterocycles. The minimum atomic E-state index is -0.0279. The molecule has 114 valence electrons. The van der Waals surface area contributed by atoms with Crippen molar-refractivity contribution in [2.45, 2.75) is 57.0 Å². The highest BCUT2D eigenvalue weighted by Gasteiger charge is 2.37. The van der Waals surface area contributed by atoms with E-state index in [1.807, 2.05) is 30.3 Å². The van der Waals surface area contributed by atoms with E-state index in [-0.39, 0.29) is 6.04 Å². The highest BCUT2D eigenvalue weighted by molar-refractivity contribution is 5.77. The van der Waals surface area contributed by atoms with Gasteiger partial charge in [0.05, 0.1) is 0 Å². The first-order valence-corrected chi connectivity index (χ1v) is 8.35. The minimum Gasteiger partial charge on any atom is -0.339 e. The van der Waals surface area contributed by atoms with Gasteiger partial charge in [0.15, 0.2) is 0 Å². The Morgan fingerprint density at radius 2 is 1.95 bits per heavy atom. The Kier molecular flexibility index (Phi) is 4.59. The van der Waals surface area contributed by atoms with Gasteiger partial charge in [-0.05, 0) is 37.2 Å². The van der Waals surface area contributed by atoms with Crippen LogP contribution >= 0.6 is 0 Å². The Morgan fingerprint density at radius 1 is 1.19 bits per heavy atom. The summed E-state index contributed by atoms with van der Waals surface area (Å²) in [6.45, 7) is 0.967. The Hall–Kier alpha value is -1.35. The zero-order chi connectivity index (χ0) is 14.7. The molecule has 1 aliphatic heterocycles. The summed E-state index contributed by atoms with van der Waals surface area (Å²) in [5.41, 5.74) is 7.33. The van der Waals surface area contributed by atoms with Gasteiger partial charge in [-0.3, -0.25) is 4.79 Å². The van der Waals surface area contributed by atoms with Gasteiger partial charge in [-0.15, -0.1) is 0 Å². The molecule has 1 aromatic carbocycles. The summed E-state index contributed by atoms with van der Waals surface area (Å²) in [6.07, 6.45) is 7.70. The maximum absolute atomic E-state index is 12.5. The molecule has 0 radical (unpaired) electrons. The van der Waals surface area contributed by atoms with Gasteiger partial charge >= 0.3 is 0 Å². The van der Waals surface area contributed by atoms with Crippen LogP contribution in [0.4, 0.5) is 0 Å². The predicted octanol–water partition coefficient (Wildman–Crippen LogP) is 3.26. The van der Waals surface area contributed by atoms with Gasteiger partial charge in [0.2, 0.25) is 5.91 Å². The first-order valence-electron chi connectivity index (χ1n) is 8.35. The molecule has 0 spiro atoms. The summed E-state index contributed by atoms with van der Waals surface area (Å²) in [6, 6.07) is 10.6. The number of benzene rings is 1. The Morgan fingerprint density at radius 3 is 2.76 bits per heavy atom. The zero-order valence-corrected chi connectivity index (χ0v) is 12.7. The number of rotatable bonds is 4. The van der Waals surface area contributed by atoms with Crippen molar-refractivity contribution >= 4 is 5.91 Å². The van der Waals surface area contributed by atoms with E-state index in [1.54, 1.807) is 0 Å². The van der Waals surface area contributed by atoms with E-state index in [9.17, 15) is 4.79 Å². The molecular weight excluding hydrogens is 260 g/mol. The average Bonchev–Trinajstić information content (AvgIpc) is 2.97. The fourth-order valence-electron chi connectivity index (χ4n) is 4.00. The van der Waals surface area contributed by atoms with Crippen LogP contribution in [-0.4, -0.2) is 23.4 Å². The van der Waals surface area contributed by atoms with Crippen LogP contribution in [0.1, 0.15) is 56.6 Å². The maximum atomic E-state index is 12.5. The second-order valence-corrected chi connectivity index (χ2v) is 6.54. The van der Waals surface area contributed by atoms with E-state index >= 15 is 0 Å². The molecule has 1 saturated heterocycles. The lowest BCUT2D eigenvalue weighted by Gasteiger charge is -2.32. The van der Waals surface area contributed by atoms with Crippen molar-refractivity contribution in [1.82, 2.24) is 4.90 Å². The van der Waals surface area contributed by atoms with Crippen molar-refractivity contribution in [3.05, 3.63) is 35.9 Å². The molecule has 2 aliphatic rings. The van der Waals surface area contributed by atoms with Crippen molar-refractivity contribution in [3.8, 4) is 0 Å². The largest absolute Gasteiger partial charge is 0.339 e. The number of nitrogens with zero attached hydrogens (tertiary/aromatic N) is 1. The van der Waals surface area contributed by atoms with Crippen LogP contribution < -0.4 is 5.73 Å². The van der Waals surface area contributed by atoms with E-state index < -0.39 is 0 Å². The lowest BCUT2D eigenvalue weighted by atomic mass is 9.85. The van der Waals surface area contributed by atoms with Crippen LogP contribution in [0.2, 0.25) is 0 Å². The maximum Gasteiger partial charge on any atom is 0.222 e. The Labute approximate surface area is 127 Å². The van der Waals surface area contributed by atoms with Crippen LogP contribution in [0, 0.1) is 5.92 Å². The summed E-state index contributed by atoms with van der Waals surface area (Å²) < 4.78 is 0. The summed E-state index contributed by atoms with van der Waals surface area (Å²) in [5, 5.41) is 0. The second-order valence-electron chi connectivity index (χ2n) is 6.54. The van der Waals surface area contributed by atoms with Gasteiger partial charge in [-0.2, -0.15) is 0 Å². The van der Waals surface area contributed by atoms with Crippen LogP contribution in [-0.2, 0) is 4.79 Å². The minimum absolute atomic E-state index is 0.0279. The van der Waals surface area contributed by atoms with E-state index in [1.165, 1.54) is 32.1 Å². The van der Waals surface area contributed by atoms with Gasteiger partial charge in [0.25, 0.3) is 0 Å². The Balaban J connectivity index is 1.52. The van der Waals surface area contributed by atoms with Crippen LogP contribution in [0.25, 0.3) is 0 Å². The van der Waals surface area contributed by atoms with Crippen molar-refractivity contribution in [2.24, 2.45) is 11.7 Å². The topological polar surface area (TPSA) is 46.3 Å². The lowest BCUT2D eigenvalue weighted by molar-refractivity contribution is -0.133. The van der Waals surface area contributed by atoms with E-state index in [0.717, 1.165) is 24.4 Å². The third-order valence-electron chi connectivity index (χ3n) is 5.23. The van der Waals surface area contributed by atoms with Crippen molar-refractivity contribution < 1.29 is 4.79 Å². The molecule has 1 aromatic rings. The number of hydrogen-bond acceptors (Lipinski definition) is 2. The number of fused-ring (bicyclic) bond motifs is 1. The lowest BCUT2D eigenvalue weighted by Crippen LogP contribution is -2.39. The monoisotopic (exact) mass is 286 g/mol. The molecular formula is C18H26N2O. The van der Waals surface area contributed by atoms with Crippen LogP contribution in [0.5, 0.6) is 0 Å². The number of likely N-dealkylation sites (tertiary alicyclic amines) is 1. The molecule has 1 amide bonds. The summed E-state index contributed by atoms with van der Waals surface area (Å²) in [7, 11) is 0. The molecule has 1 heterocycles. The van der Waals surface area contributed by atoms with E-state index in [4.69, 9.17) is 5.73 Å². The van der Waals surface area contributed by atoms with Gasteiger partial charge in [0.1, 0.15) is 0 Å². The van der Waals surface area contributed by atoms with E-state index in [2.05, 4.69) is 4.90 Å². The normalized spacial score (nSPS) is 26.4. The first-order chi connectivity index (χ1) is 10.3. The summed E-state index contributed by atoms with van der Waals surface area (Å²) in [5.74, 6) is 1.08. The number of hydrogen-bond donors (Lipinski definition) is 1. The van der Waals surface area contributed by atoms with Gasteiger partial charge in [-0.25, -0.2) is 0 Å². The fourth-order valence-corrected chi connectivity index (χ4v) is 4.00. The molecule has 3 atom stereocenters. The zero-order valence-electron chi connectivity index (χ0n) is 12.7.